The first-order valence-corrected chi connectivity index (χ1v) is 9.48. The molecule has 0 N–H and O–H groups in total. The number of rotatable bonds is 6. The van der Waals surface area contributed by atoms with Gasteiger partial charge in [-0.3, -0.25) is 4.79 Å². The second kappa shape index (κ2) is 7.52. The van der Waals surface area contributed by atoms with Crippen LogP contribution < -0.4 is 5.19 Å². The molecule has 6 heteroatoms. The zero-order chi connectivity index (χ0) is 15.0. The number of benzene rings is 1. The summed E-state index contributed by atoms with van der Waals surface area (Å²) in [7, 11) is -1.67. The van der Waals surface area contributed by atoms with Gasteiger partial charge >= 0.3 is 5.97 Å². The zero-order valence-electron chi connectivity index (χ0n) is 12.0. The number of esters is 1. The fourth-order valence-corrected chi connectivity index (χ4v) is 3.71. The predicted molar refractivity (Wildman–Crippen MR) is 82.3 cm³/mol. The van der Waals surface area contributed by atoms with E-state index < -0.39 is 14.0 Å². The van der Waals surface area contributed by atoms with Crippen LogP contribution in [0, 0.1) is 0 Å². The van der Waals surface area contributed by atoms with E-state index in [0.29, 0.717) is 0 Å². The number of carbonyl (C=O) groups excluding carboxylic acids is 1. The lowest BCUT2D eigenvalue weighted by atomic mass is 10.4. The topological polar surface area (TPSA) is 75.1 Å². The lowest BCUT2D eigenvalue weighted by Gasteiger charge is -2.19. The van der Waals surface area contributed by atoms with Crippen LogP contribution in [-0.2, 0) is 9.53 Å². The molecular formula is C14H19N3O2Si. The van der Waals surface area contributed by atoms with Crippen LogP contribution in [0.25, 0.3) is 10.4 Å². The van der Waals surface area contributed by atoms with Crippen molar-refractivity contribution in [3.8, 4) is 0 Å². The quantitative estimate of drug-likeness (QED) is 0.265. The molecule has 5 nitrogen and oxygen atoms in total. The molecule has 1 aromatic rings. The summed E-state index contributed by atoms with van der Waals surface area (Å²) in [5, 5.41) is 4.49. The third-order valence-electron chi connectivity index (χ3n) is 2.88. The summed E-state index contributed by atoms with van der Waals surface area (Å²) in [5.74, 6) is -0.515. The molecule has 0 amide bonds. The molecule has 1 atom stereocenters. The van der Waals surface area contributed by atoms with Gasteiger partial charge in [0.1, 0.15) is 20.7 Å². The number of hydrogen-bond acceptors (Lipinski definition) is 3. The van der Waals surface area contributed by atoms with Crippen LogP contribution >= 0.6 is 0 Å². The Kier molecular flexibility index (Phi) is 6.02. The Labute approximate surface area is 119 Å². The summed E-state index contributed by atoms with van der Waals surface area (Å²) in [6.45, 7) is 5.98. The highest BCUT2D eigenvalue weighted by molar-refractivity contribution is 6.93. The van der Waals surface area contributed by atoms with Gasteiger partial charge in [0, 0.05) is 4.91 Å². The highest BCUT2D eigenvalue weighted by Crippen LogP contribution is 2.07. The molecule has 0 aliphatic heterocycles. The summed E-state index contributed by atoms with van der Waals surface area (Å²) in [6, 6.07) is 10.3. The molecule has 0 saturated carbocycles. The van der Waals surface area contributed by atoms with Crippen LogP contribution in [0.4, 0.5) is 0 Å². The van der Waals surface area contributed by atoms with Gasteiger partial charge in [-0.2, -0.15) is 0 Å². The molecule has 0 fully saturated rings. The summed E-state index contributed by atoms with van der Waals surface area (Å²) in [5.41, 5.74) is 10.3. The van der Waals surface area contributed by atoms with E-state index in [1.165, 1.54) is 5.19 Å². The van der Waals surface area contributed by atoms with Crippen molar-refractivity contribution in [3.05, 3.63) is 52.5 Å². The second-order valence-corrected chi connectivity index (χ2v) is 9.38. The molecule has 1 rings (SSSR count). The van der Waals surface area contributed by atoms with E-state index in [2.05, 4.69) is 41.0 Å². The monoisotopic (exact) mass is 289 g/mol. The lowest BCUT2D eigenvalue weighted by molar-refractivity contribution is -0.144. The fourth-order valence-electron chi connectivity index (χ4n) is 1.71. The van der Waals surface area contributed by atoms with Crippen molar-refractivity contribution in [1.82, 2.24) is 0 Å². The molecule has 0 unspecified atom stereocenters. The minimum atomic E-state index is -1.67. The van der Waals surface area contributed by atoms with E-state index in [4.69, 9.17) is 10.3 Å². The molecule has 0 bridgehead atoms. The van der Waals surface area contributed by atoms with Gasteiger partial charge in [0.15, 0.2) is 0 Å². The molecule has 106 valence electrons. The van der Waals surface area contributed by atoms with E-state index in [-0.39, 0.29) is 12.6 Å². The predicted octanol–water partition coefficient (Wildman–Crippen LogP) is 2.94. The van der Waals surface area contributed by atoms with Crippen molar-refractivity contribution in [2.45, 2.75) is 26.1 Å². The first kappa shape index (κ1) is 16.0. The maximum atomic E-state index is 11.3. The minimum absolute atomic E-state index is 0.270. The lowest BCUT2D eigenvalue weighted by Crippen LogP contribution is -2.39. The van der Waals surface area contributed by atoms with Gasteiger partial charge < -0.3 is 4.74 Å². The number of hydrogen-bond donors (Lipinski definition) is 0. The SMILES string of the molecule is C[C@@H](/C=C/[Si](C)(C)c1ccccc1)OC(=O)CN=[N+]=[N-]. The number of ether oxygens (including phenoxy) is 1. The first-order chi connectivity index (χ1) is 9.45. The van der Waals surface area contributed by atoms with E-state index >= 15 is 0 Å². The average molecular weight is 289 g/mol. The van der Waals surface area contributed by atoms with Crippen molar-refractivity contribution in [2.75, 3.05) is 6.54 Å². The molecule has 0 aromatic heterocycles. The third-order valence-corrected chi connectivity index (χ3v) is 5.73. The molecule has 20 heavy (non-hydrogen) atoms. The maximum Gasteiger partial charge on any atom is 0.312 e. The van der Waals surface area contributed by atoms with Gasteiger partial charge in [0.25, 0.3) is 0 Å². The van der Waals surface area contributed by atoms with E-state index in [9.17, 15) is 4.79 Å². The van der Waals surface area contributed by atoms with Crippen LogP contribution in [0.5, 0.6) is 0 Å². The molecular weight excluding hydrogens is 270 g/mol. The summed E-state index contributed by atoms with van der Waals surface area (Å²) in [6.07, 6.45) is 1.57. The van der Waals surface area contributed by atoms with Gasteiger partial charge in [-0.15, -0.1) is 0 Å². The normalized spacial score (nSPS) is 12.8. The smallest absolute Gasteiger partial charge is 0.312 e. The van der Waals surface area contributed by atoms with Gasteiger partial charge in [-0.1, -0.05) is 65.5 Å². The van der Waals surface area contributed by atoms with Gasteiger partial charge in [-0.05, 0) is 12.5 Å². The standard InChI is InChI=1S/C14H19N3O2Si/c1-12(19-14(18)11-16-17-15)9-10-20(2,3)13-7-5-4-6-8-13/h4-10,12H,11H2,1-3H3/b10-9+/t12-/m0/s1. The second-order valence-electron chi connectivity index (χ2n) is 5.03. The van der Waals surface area contributed by atoms with Crippen molar-refractivity contribution < 1.29 is 9.53 Å². The highest BCUT2D eigenvalue weighted by atomic mass is 28.3. The van der Waals surface area contributed by atoms with E-state index in [1.807, 2.05) is 24.3 Å². The Hall–Kier alpha value is -2.04. The zero-order valence-corrected chi connectivity index (χ0v) is 13.0. The first-order valence-electron chi connectivity index (χ1n) is 6.41. The molecule has 0 heterocycles. The van der Waals surface area contributed by atoms with Crippen LogP contribution in [0.15, 0.2) is 47.2 Å². The Bertz CT molecular complexity index is 522. The Morgan fingerprint density at radius 2 is 2.10 bits per heavy atom. The summed E-state index contributed by atoms with van der Waals surface area (Å²) < 4.78 is 5.12. The van der Waals surface area contributed by atoms with Crippen LogP contribution in [-0.4, -0.2) is 26.7 Å². The fraction of sp³-hybridized carbons (Fsp3) is 0.357. The third kappa shape index (κ3) is 5.30. The summed E-state index contributed by atoms with van der Waals surface area (Å²) >= 11 is 0. The van der Waals surface area contributed by atoms with Crippen LogP contribution in [0.3, 0.4) is 0 Å². The van der Waals surface area contributed by atoms with Crippen LogP contribution in [0.2, 0.25) is 13.1 Å². The van der Waals surface area contributed by atoms with Gasteiger partial charge in [0.2, 0.25) is 0 Å². The van der Waals surface area contributed by atoms with Gasteiger partial charge in [-0.25, -0.2) is 0 Å². The van der Waals surface area contributed by atoms with Crippen molar-refractivity contribution in [2.24, 2.45) is 5.11 Å². The Balaban J connectivity index is 2.62. The van der Waals surface area contributed by atoms with E-state index in [1.54, 1.807) is 6.92 Å². The van der Waals surface area contributed by atoms with Gasteiger partial charge in [0.05, 0.1) is 0 Å². The largest absolute Gasteiger partial charge is 0.458 e. The molecule has 0 spiro atoms. The molecule has 0 aliphatic carbocycles. The van der Waals surface area contributed by atoms with Crippen LogP contribution in [0.1, 0.15) is 6.92 Å². The number of azide groups is 1. The van der Waals surface area contributed by atoms with Crippen molar-refractivity contribution in [1.29, 1.82) is 0 Å². The molecule has 0 aliphatic rings. The summed E-state index contributed by atoms with van der Waals surface area (Å²) in [4.78, 5) is 13.8. The van der Waals surface area contributed by atoms with Crippen molar-refractivity contribution >= 4 is 19.2 Å². The number of nitrogens with zero attached hydrogens (tertiary/aromatic N) is 3. The molecule has 0 radical (unpaired) electrons. The van der Waals surface area contributed by atoms with E-state index in [0.717, 1.165) is 0 Å². The maximum absolute atomic E-state index is 11.3. The molecule has 1 aromatic carbocycles. The Morgan fingerprint density at radius 1 is 1.45 bits per heavy atom. The molecule has 0 saturated heterocycles. The highest BCUT2D eigenvalue weighted by Gasteiger charge is 2.19. The van der Waals surface area contributed by atoms with Crippen molar-refractivity contribution in [3.63, 3.8) is 0 Å². The Morgan fingerprint density at radius 3 is 2.70 bits per heavy atom. The minimum Gasteiger partial charge on any atom is -0.458 e. The number of carbonyl (C=O) groups is 1. The average Bonchev–Trinajstić information content (AvgIpc) is 2.44.